The second-order valence-electron chi connectivity index (χ2n) is 7.08. The predicted octanol–water partition coefficient (Wildman–Crippen LogP) is 4.63. The average molecular weight is 475 g/mol. The molecule has 2 heterocycles. The van der Waals surface area contributed by atoms with Crippen LogP contribution in [0, 0.1) is 13.8 Å². The molecule has 0 radical (unpaired) electrons. The molecule has 1 unspecified atom stereocenters. The molecule has 32 heavy (non-hydrogen) atoms. The highest BCUT2D eigenvalue weighted by atomic mass is 32.2. The Kier molecular flexibility index (Phi) is 7.92. The van der Waals surface area contributed by atoms with Crippen molar-refractivity contribution in [2.75, 3.05) is 18.2 Å². The fourth-order valence-corrected chi connectivity index (χ4v) is 4.62. The van der Waals surface area contributed by atoms with Gasteiger partial charge in [-0.25, -0.2) is 4.79 Å². The molecule has 0 fully saturated rings. The minimum Gasteiger partial charge on any atom is -0.483 e. The van der Waals surface area contributed by atoms with Gasteiger partial charge >= 0.3 is 5.97 Å². The van der Waals surface area contributed by atoms with Crippen molar-refractivity contribution in [3.05, 3.63) is 52.2 Å². The van der Waals surface area contributed by atoms with Gasteiger partial charge in [0.05, 0.1) is 18.4 Å². The van der Waals surface area contributed by atoms with Gasteiger partial charge in [0.1, 0.15) is 10.8 Å². The molecule has 3 aromatic rings. The smallest absolute Gasteiger partial charge is 0.340 e. The highest BCUT2D eigenvalue weighted by molar-refractivity contribution is 7.99. The van der Waals surface area contributed by atoms with Crippen molar-refractivity contribution in [2.24, 2.45) is 0 Å². The number of nitrogens with one attached hydrogen (secondary N) is 1. The lowest BCUT2D eigenvalue weighted by Crippen LogP contribution is -2.16. The minimum atomic E-state index is -0.484. The van der Waals surface area contributed by atoms with Crippen molar-refractivity contribution in [1.82, 2.24) is 14.8 Å². The van der Waals surface area contributed by atoms with Crippen LogP contribution in [0.4, 0.5) is 5.00 Å². The summed E-state index contributed by atoms with van der Waals surface area (Å²) in [5, 5.41) is 14.1. The van der Waals surface area contributed by atoms with Crippen LogP contribution in [0.15, 0.2) is 34.8 Å². The normalized spacial score (nSPS) is 11.8. The molecule has 1 aromatic carbocycles. The Bertz CT molecular complexity index is 1110. The average Bonchev–Trinajstić information content (AvgIpc) is 3.40. The highest BCUT2D eigenvalue weighted by Gasteiger charge is 2.20. The number of carbonyl (C=O) groups excluding carboxylic acids is 2. The van der Waals surface area contributed by atoms with E-state index in [2.05, 4.69) is 22.4 Å². The van der Waals surface area contributed by atoms with E-state index in [0.29, 0.717) is 28.1 Å². The summed E-state index contributed by atoms with van der Waals surface area (Å²) in [6.45, 7) is 8.67. The summed E-state index contributed by atoms with van der Waals surface area (Å²) < 4.78 is 12.8. The molecule has 0 saturated heterocycles. The number of hydrogen-bond donors (Lipinski definition) is 1. The molecule has 0 aliphatic rings. The number of benzene rings is 1. The molecule has 0 aliphatic carbocycles. The highest BCUT2D eigenvalue weighted by Crippen LogP contribution is 2.27. The lowest BCUT2D eigenvalue weighted by atomic mass is 10.1. The number of nitrogens with zero attached hydrogens (tertiary/aromatic N) is 3. The van der Waals surface area contributed by atoms with Crippen molar-refractivity contribution >= 4 is 40.0 Å². The first-order valence-electron chi connectivity index (χ1n) is 10.1. The number of esters is 1. The number of thioether (sulfide) groups is 1. The topological polar surface area (TPSA) is 95.3 Å². The van der Waals surface area contributed by atoms with Crippen molar-refractivity contribution in [3.63, 3.8) is 0 Å². The Balaban J connectivity index is 1.64. The number of rotatable bonds is 9. The molecule has 2 aromatic heterocycles. The van der Waals surface area contributed by atoms with E-state index in [1.807, 2.05) is 43.5 Å². The summed E-state index contributed by atoms with van der Waals surface area (Å²) in [6.07, 6.45) is -0.304. The van der Waals surface area contributed by atoms with Crippen molar-refractivity contribution < 1.29 is 19.1 Å². The van der Waals surface area contributed by atoms with E-state index in [1.165, 1.54) is 35.8 Å². The third-order valence-corrected chi connectivity index (χ3v) is 6.67. The lowest BCUT2D eigenvalue weighted by Gasteiger charge is -2.16. The van der Waals surface area contributed by atoms with E-state index >= 15 is 0 Å². The van der Waals surface area contributed by atoms with Crippen LogP contribution in [-0.4, -0.2) is 39.5 Å². The third kappa shape index (κ3) is 5.49. The molecule has 0 saturated carbocycles. The van der Waals surface area contributed by atoms with E-state index in [-0.39, 0.29) is 17.8 Å². The van der Waals surface area contributed by atoms with Gasteiger partial charge in [0.25, 0.3) is 0 Å². The fourth-order valence-electron chi connectivity index (χ4n) is 3.02. The van der Waals surface area contributed by atoms with Crippen LogP contribution in [0.1, 0.15) is 47.3 Å². The van der Waals surface area contributed by atoms with E-state index in [1.54, 1.807) is 11.4 Å². The van der Waals surface area contributed by atoms with Crippen LogP contribution in [-0.2, 0) is 16.1 Å². The summed E-state index contributed by atoms with van der Waals surface area (Å²) in [4.78, 5) is 24.2. The van der Waals surface area contributed by atoms with E-state index in [4.69, 9.17) is 9.47 Å². The number of thiophene rings is 1. The zero-order chi connectivity index (χ0) is 23.3. The van der Waals surface area contributed by atoms with Crippen LogP contribution < -0.4 is 10.1 Å². The Hall–Kier alpha value is -2.85. The first-order valence-corrected chi connectivity index (χ1v) is 12.0. The number of anilines is 1. The van der Waals surface area contributed by atoms with Gasteiger partial charge in [0, 0.05) is 6.54 Å². The molecule has 0 spiro atoms. The maximum absolute atomic E-state index is 12.4. The summed E-state index contributed by atoms with van der Waals surface area (Å²) in [5.74, 6) is 0.872. The van der Waals surface area contributed by atoms with Gasteiger partial charge in [-0.2, -0.15) is 0 Å². The van der Waals surface area contributed by atoms with Crippen LogP contribution in [0.5, 0.6) is 5.75 Å². The molecule has 0 aliphatic heterocycles. The fraction of sp³-hybridized carbons (Fsp3) is 0.364. The van der Waals surface area contributed by atoms with Gasteiger partial charge in [0.2, 0.25) is 5.91 Å². The molecule has 1 amide bonds. The molecule has 170 valence electrons. The van der Waals surface area contributed by atoms with E-state index < -0.39 is 5.97 Å². The molecule has 3 rings (SSSR count). The molecular weight excluding hydrogens is 448 g/mol. The number of amides is 1. The molecule has 10 heteroatoms. The Morgan fingerprint density at radius 3 is 2.69 bits per heavy atom. The van der Waals surface area contributed by atoms with Crippen LogP contribution in [0.2, 0.25) is 0 Å². The Labute approximate surface area is 195 Å². The van der Waals surface area contributed by atoms with Crippen LogP contribution in [0.25, 0.3) is 0 Å². The van der Waals surface area contributed by atoms with Crippen LogP contribution >= 0.6 is 23.1 Å². The molecule has 1 atom stereocenters. The minimum absolute atomic E-state index is 0.128. The van der Waals surface area contributed by atoms with Crippen molar-refractivity contribution in [1.29, 1.82) is 0 Å². The number of methoxy groups -OCH3 is 1. The Morgan fingerprint density at radius 1 is 1.22 bits per heavy atom. The SMILES string of the molecule is CCn1c(SCC(=O)Nc2sccc2C(=O)OC)nnc1C(C)Oc1ccc(C)c(C)c1. The summed E-state index contributed by atoms with van der Waals surface area (Å²) in [7, 11) is 1.31. The number of hydrogen-bond acceptors (Lipinski definition) is 8. The Morgan fingerprint density at radius 2 is 2.00 bits per heavy atom. The molecule has 8 nitrogen and oxygen atoms in total. The maximum atomic E-state index is 12.4. The summed E-state index contributed by atoms with van der Waals surface area (Å²) in [5.41, 5.74) is 2.71. The monoisotopic (exact) mass is 474 g/mol. The van der Waals surface area contributed by atoms with E-state index in [9.17, 15) is 9.59 Å². The lowest BCUT2D eigenvalue weighted by molar-refractivity contribution is -0.113. The maximum Gasteiger partial charge on any atom is 0.340 e. The summed E-state index contributed by atoms with van der Waals surface area (Å²) in [6, 6.07) is 7.60. The third-order valence-electron chi connectivity index (χ3n) is 4.87. The summed E-state index contributed by atoms with van der Waals surface area (Å²) >= 11 is 2.55. The standard InChI is InChI=1S/C22H26N4O4S2/c1-6-26-19(15(4)30-16-8-7-13(2)14(3)11-16)24-25-22(26)32-12-18(27)23-20-17(9-10-31-20)21(28)29-5/h7-11,15H,6,12H2,1-5H3,(H,23,27). The van der Waals surface area contributed by atoms with Gasteiger partial charge < -0.3 is 19.4 Å². The molecule has 1 N–H and O–H groups in total. The second kappa shape index (κ2) is 10.6. The zero-order valence-electron chi connectivity index (χ0n) is 18.7. The predicted molar refractivity (Wildman–Crippen MR) is 126 cm³/mol. The molecular formula is C22H26N4O4S2. The first kappa shape index (κ1) is 23.8. The van der Waals surface area contributed by atoms with Gasteiger partial charge in [-0.1, -0.05) is 17.8 Å². The van der Waals surface area contributed by atoms with Gasteiger partial charge in [0.15, 0.2) is 17.1 Å². The van der Waals surface area contributed by atoms with Gasteiger partial charge in [-0.15, -0.1) is 21.5 Å². The first-order chi connectivity index (χ1) is 15.3. The van der Waals surface area contributed by atoms with Crippen molar-refractivity contribution in [2.45, 2.75) is 45.5 Å². The quantitative estimate of drug-likeness (QED) is 0.357. The number of carbonyl (C=O) groups is 2. The van der Waals surface area contributed by atoms with Gasteiger partial charge in [-0.3, -0.25) is 4.79 Å². The largest absolute Gasteiger partial charge is 0.483 e. The second-order valence-corrected chi connectivity index (χ2v) is 8.94. The molecule has 0 bridgehead atoms. The van der Waals surface area contributed by atoms with E-state index in [0.717, 1.165) is 11.3 Å². The number of ether oxygens (including phenoxy) is 2. The van der Waals surface area contributed by atoms with Gasteiger partial charge in [-0.05, 0) is 62.4 Å². The zero-order valence-corrected chi connectivity index (χ0v) is 20.3. The van der Waals surface area contributed by atoms with Crippen molar-refractivity contribution in [3.8, 4) is 5.75 Å². The number of aryl methyl sites for hydroxylation is 2. The van der Waals surface area contributed by atoms with Crippen LogP contribution in [0.3, 0.4) is 0 Å². The number of aromatic nitrogens is 3.